The van der Waals surface area contributed by atoms with Gasteiger partial charge in [0, 0.05) is 34.0 Å². The number of hydrogen-bond donors (Lipinski definition) is 0. The number of ether oxygens (including phenoxy) is 2. The van der Waals surface area contributed by atoms with Crippen LogP contribution < -0.4 is 14.1 Å². The first kappa shape index (κ1) is 30.0. The van der Waals surface area contributed by atoms with Gasteiger partial charge in [0.05, 0.1) is 14.2 Å². The largest absolute Gasteiger partial charge is 0.497 e. The number of benzene rings is 6. The Morgan fingerprint density at radius 3 is 1.30 bits per heavy atom. The Morgan fingerprint density at radius 2 is 0.935 bits per heavy atom. The molecule has 0 radical (unpaired) electrons. The van der Waals surface area contributed by atoms with Gasteiger partial charge in [0.1, 0.15) is 11.5 Å². The van der Waals surface area contributed by atoms with Gasteiger partial charge in [-0.2, -0.15) is 4.67 Å². The molecule has 1 aromatic heterocycles. The van der Waals surface area contributed by atoms with Crippen LogP contribution in [0.25, 0.3) is 65.7 Å². The van der Waals surface area contributed by atoms with Gasteiger partial charge in [-0.1, -0.05) is 72.8 Å². The molecule has 0 spiro atoms. The lowest BCUT2D eigenvalue weighted by Gasteiger charge is -2.26. The second-order valence-corrected chi connectivity index (χ2v) is 13.4. The van der Waals surface area contributed by atoms with E-state index in [0.29, 0.717) is 0 Å². The average molecular weight is 628 g/mol. The molecule has 0 saturated heterocycles. The van der Waals surface area contributed by atoms with Gasteiger partial charge in [0.2, 0.25) is 0 Å². The molecule has 0 saturated carbocycles. The highest BCUT2D eigenvalue weighted by Gasteiger charge is 2.25. The molecule has 6 aromatic carbocycles. The van der Waals surface area contributed by atoms with Crippen LogP contribution in [-0.2, 0) is 0 Å². The molecule has 46 heavy (non-hydrogen) atoms. The Kier molecular flexibility index (Phi) is 7.98. The van der Waals surface area contributed by atoms with Crippen LogP contribution in [-0.4, -0.2) is 26.3 Å². The van der Waals surface area contributed by atoms with Gasteiger partial charge in [-0.3, -0.25) is 0 Å². The molecular weight excluding hydrogens is 589 g/mol. The molecule has 6 heteroatoms. The lowest BCUT2D eigenvalue weighted by molar-refractivity contribution is 0.415. The predicted molar refractivity (Wildman–Crippen MR) is 194 cm³/mol. The average Bonchev–Trinajstić information content (AvgIpc) is 3.25. The van der Waals surface area contributed by atoms with Crippen molar-refractivity contribution in [2.45, 2.75) is 39.8 Å². The van der Waals surface area contributed by atoms with E-state index in [1.807, 2.05) is 24.3 Å². The standard InChI is InChI=1S/C40H38NO4P/c1-25(2)41(26(3)4)46-44-39-35(27-15-19-31(42-5)20-16-27)23-29-11-7-9-13-33(29)37(39)38-34-14-10-8-12-30(34)24-36(40(38)45-46)28-17-21-32(43-6)22-18-28/h7-26H,1-6H3. The van der Waals surface area contributed by atoms with Gasteiger partial charge in [0.25, 0.3) is 0 Å². The number of nitrogens with zero attached hydrogens (tertiary/aromatic N) is 1. The van der Waals surface area contributed by atoms with Crippen LogP contribution in [0.5, 0.6) is 11.5 Å². The van der Waals surface area contributed by atoms with E-state index in [1.54, 1.807) is 14.2 Å². The van der Waals surface area contributed by atoms with Gasteiger partial charge < -0.3 is 17.9 Å². The van der Waals surface area contributed by atoms with Crippen LogP contribution in [0, 0.1) is 0 Å². The first-order valence-corrected chi connectivity index (χ1v) is 16.9. The lowest BCUT2D eigenvalue weighted by atomic mass is 9.91. The summed E-state index contributed by atoms with van der Waals surface area (Å²) in [6.45, 7) is 8.82. The van der Waals surface area contributed by atoms with E-state index < -0.39 is 8.16 Å². The van der Waals surface area contributed by atoms with Crippen molar-refractivity contribution in [2.75, 3.05) is 18.9 Å². The molecule has 232 valence electrons. The van der Waals surface area contributed by atoms with Crippen molar-refractivity contribution in [1.29, 1.82) is 0 Å². The zero-order valence-corrected chi connectivity index (χ0v) is 28.0. The van der Waals surface area contributed by atoms with Crippen LogP contribution in [0.4, 0.5) is 0 Å². The second-order valence-electron chi connectivity index (χ2n) is 12.1. The summed E-state index contributed by atoms with van der Waals surface area (Å²) < 4.78 is 27.9. The second kappa shape index (κ2) is 12.2. The van der Waals surface area contributed by atoms with Gasteiger partial charge in [-0.15, -0.1) is 0 Å². The smallest absolute Gasteiger partial charge is 0.310 e. The number of fused-ring (bicyclic) bond motifs is 7. The third-order valence-electron chi connectivity index (χ3n) is 8.64. The van der Waals surface area contributed by atoms with E-state index in [1.165, 1.54) is 0 Å². The molecule has 0 atom stereocenters. The molecule has 0 bridgehead atoms. The molecule has 1 heterocycles. The third kappa shape index (κ3) is 5.20. The van der Waals surface area contributed by atoms with Crippen LogP contribution in [0.2, 0.25) is 0 Å². The van der Waals surface area contributed by atoms with E-state index >= 15 is 0 Å². The lowest BCUT2D eigenvalue weighted by Crippen LogP contribution is -2.34. The summed E-state index contributed by atoms with van der Waals surface area (Å²) in [4.78, 5) is 0. The van der Waals surface area contributed by atoms with E-state index in [0.717, 1.165) is 77.2 Å². The summed E-state index contributed by atoms with van der Waals surface area (Å²) >= 11 is 0. The van der Waals surface area contributed by atoms with Crippen molar-refractivity contribution in [2.24, 2.45) is 0 Å². The first-order chi connectivity index (χ1) is 22.4. The maximum atomic E-state index is 7.27. The molecule has 0 aliphatic heterocycles. The zero-order valence-electron chi connectivity index (χ0n) is 27.1. The van der Waals surface area contributed by atoms with Crippen molar-refractivity contribution < 1.29 is 17.9 Å². The third-order valence-corrected chi connectivity index (χ3v) is 10.6. The summed E-state index contributed by atoms with van der Waals surface area (Å²) in [5.41, 5.74) is 5.81. The van der Waals surface area contributed by atoms with Crippen molar-refractivity contribution >= 4 is 51.6 Å². The van der Waals surface area contributed by atoms with Crippen molar-refractivity contribution in [3.8, 4) is 33.8 Å². The number of methoxy groups -OCH3 is 2. The minimum atomic E-state index is -1.57. The monoisotopic (exact) mass is 627 g/mol. The van der Waals surface area contributed by atoms with E-state index in [2.05, 4.69) is 117 Å². The summed E-state index contributed by atoms with van der Waals surface area (Å²) in [5.74, 6) is 1.63. The minimum Gasteiger partial charge on any atom is -0.497 e. The highest BCUT2D eigenvalue weighted by atomic mass is 31.1. The Hall–Kier alpha value is -4.70. The SMILES string of the molecule is COc1ccc(-c2cc3ccccc3c3c2op(N(C(C)C)C(C)C)oc2c(-c4ccc(OC)cc4)cc4ccccc4c23)cc1. The Labute approximate surface area is 270 Å². The normalized spacial score (nSPS) is 11.8. The van der Waals surface area contributed by atoms with Gasteiger partial charge in [-0.05, 0) is 96.8 Å². The van der Waals surface area contributed by atoms with E-state index in [4.69, 9.17) is 17.9 Å². The predicted octanol–water partition coefficient (Wildman–Crippen LogP) is 11.7. The fraction of sp³-hybridized carbons (Fsp3) is 0.200. The molecule has 7 rings (SSSR count). The van der Waals surface area contributed by atoms with Crippen LogP contribution >= 0.6 is 8.16 Å². The van der Waals surface area contributed by atoms with Crippen molar-refractivity contribution in [3.05, 3.63) is 109 Å². The zero-order chi connectivity index (χ0) is 31.9. The maximum absolute atomic E-state index is 7.27. The molecule has 0 unspecified atom stereocenters. The van der Waals surface area contributed by atoms with Gasteiger partial charge in [-0.25, -0.2) is 0 Å². The summed E-state index contributed by atoms with van der Waals surface area (Å²) in [6, 6.07) is 38.5. The van der Waals surface area contributed by atoms with Gasteiger partial charge in [0.15, 0.2) is 11.2 Å². The van der Waals surface area contributed by atoms with Crippen LogP contribution in [0.1, 0.15) is 27.7 Å². The Morgan fingerprint density at radius 1 is 0.543 bits per heavy atom. The summed E-state index contributed by atoms with van der Waals surface area (Å²) in [5, 5.41) is 6.60. The molecule has 7 aromatic rings. The molecule has 0 aliphatic carbocycles. The molecule has 5 nitrogen and oxygen atoms in total. The maximum Gasteiger partial charge on any atom is 0.310 e. The molecular formula is C40H38NO4P. The van der Waals surface area contributed by atoms with Crippen LogP contribution in [0.15, 0.2) is 118 Å². The first-order valence-electron chi connectivity index (χ1n) is 15.7. The van der Waals surface area contributed by atoms with Crippen molar-refractivity contribution in [1.82, 2.24) is 0 Å². The number of rotatable bonds is 7. The number of hydrogen-bond acceptors (Lipinski definition) is 5. The topological polar surface area (TPSA) is 48.0 Å². The van der Waals surface area contributed by atoms with E-state index in [-0.39, 0.29) is 12.1 Å². The molecule has 0 amide bonds. The summed E-state index contributed by atoms with van der Waals surface area (Å²) in [7, 11) is 1.82. The van der Waals surface area contributed by atoms with E-state index in [9.17, 15) is 0 Å². The molecule has 0 N–H and O–H groups in total. The fourth-order valence-electron chi connectivity index (χ4n) is 6.56. The highest BCUT2D eigenvalue weighted by molar-refractivity contribution is 7.39. The Bertz CT molecular complexity index is 2080. The van der Waals surface area contributed by atoms with Crippen LogP contribution in [0.3, 0.4) is 0 Å². The quantitative estimate of drug-likeness (QED) is 0.176. The molecule has 0 fully saturated rings. The molecule has 0 aliphatic rings. The van der Waals surface area contributed by atoms with Gasteiger partial charge >= 0.3 is 8.16 Å². The summed E-state index contributed by atoms with van der Waals surface area (Å²) in [6.07, 6.45) is 0. The minimum absolute atomic E-state index is 0.186. The fourth-order valence-corrected chi connectivity index (χ4v) is 8.23. The van der Waals surface area contributed by atoms with Crippen molar-refractivity contribution in [3.63, 3.8) is 0 Å². The Balaban J connectivity index is 1.77. The highest BCUT2D eigenvalue weighted by Crippen LogP contribution is 2.48.